The minimum atomic E-state index is 0. The van der Waals surface area contributed by atoms with Gasteiger partial charge in [0.25, 0.3) is 0 Å². The Bertz CT molecular complexity index is 285. The summed E-state index contributed by atoms with van der Waals surface area (Å²) in [6, 6.07) is 2.23. The van der Waals surface area contributed by atoms with Crippen molar-refractivity contribution in [1.29, 1.82) is 0 Å². The largest absolute Gasteiger partial charge is 0.315 e. The predicted octanol–water partition coefficient (Wildman–Crippen LogP) is 2.73. The maximum atomic E-state index is 3.50. The van der Waals surface area contributed by atoms with Crippen LogP contribution in [0.3, 0.4) is 0 Å². The zero-order valence-electron chi connectivity index (χ0n) is 8.54. The first-order chi connectivity index (χ1) is 6.84. The third-order valence-corrected chi connectivity index (χ3v) is 4.01. The van der Waals surface area contributed by atoms with Crippen LogP contribution in [0.1, 0.15) is 12.0 Å². The highest BCUT2D eigenvalue weighted by Crippen LogP contribution is 2.21. The minimum absolute atomic E-state index is 0. The van der Waals surface area contributed by atoms with E-state index in [2.05, 4.69) is 37.6 Å². The molecule has 0 unspecified atom stereocenters. The molecule has 1 N–H and O–H groups in total. The molecule has 2 nitrogen and oxygen atoms in total. The number of hydrogen-bond donors (Lipinski definition) is 1. The first-order valence-corrected chi connectivity index (χ1v) is 6.68. The molecule has 86 valence electrons. The first kappa shape index (κ1) is 13.5. The van der Waals surface area contributed by atoms with Crippen molar-refractivity contribution in [2.24, 2.45) is 0 Å². The van der Waals surface area contributed by atoms with Gasteiger partial charge >= 0.3 is 0 Å². The molecule has 1 aliphatic heterocycles. The van der Waals surface area contributed by atoms with E-state index < -0.39 is 0 Å². The second-order valence-electron chi connectivity index (χ2n) is 3.64. The molecule has 0 spiro atoms. The summed E-state index contributed by atoms with van der Waals surface area (Å²) in [5.74, 6) is 0. The van der Waals surface area contributed by atoms with Crippen LogP contribution >= 0.6 is 39.7 Å². The number of rotatable bonds is 2. The highest BCUT2D eigenvalue weighted by molar-refractivity contribution is 9.11. The summed E-state index contributed by atoms with van der Waals surface area (Å²) in [5.41, 5.74) is 1.43. The van der Waals surface area contributed by atoms with E-state index in [1.807, 2.05) is 0 Å². The Morgan fingerprint density at radius 3 is 3.00 bits per heavy atom. The van der Waals surface area contributed by atoms with Gasteiger partial charge in [-0.05, 0) is 52.5 Å². The summed E-state index contributed by atoms with van der Waals surface area (Å²) in [7, 11) is 0. The highest BCUT2D eigenvalue weighted by Gasteiger charge is 2.09. The summed E-state index contributed by atoms with van der Waals surface area (Å²) in [6.07, 6.45) is 1.27. The highest BCUT2D eigenvalue weighted by atomic mass is 79.9. The van der Waals surface area contributed by atoms with Gasteiger partial charge in [0, 0.05) is 19.6 Å². The molecule has 0 aromatic carbocycles. The van der Waals surface area contributed by atoms with E-state index in [0.29, 0.717) is 0 Å². The van der Waals surface area contributed by atoms with E-state index in [0.717, 1.165) is 13.1 Å². The van der Waals surface area contributed by atoms with Gasteiger partial charge in [0.05, 0.1) is 3.79 Å². The second-order valence-corrected chi connectivity index (χ2v) is 5.93. The Kier molecular flexibility index (Phi) is 6.16. The molecule has 1 fully saturated rings. The SMILES string of the molecule is Brc1cc(CN2CCCNCC2)cs1.Cl. The van der Waals surface area contributed by atoms with Crippen molar-refractivity contribution in [1.82, 2.24) is 10.2 Å². The van der Waals surface area contributed by atoms with E-state index in [1.54, 1.807) is 11.3 Å². The van der Waals surface area contributed by atoms with Crippen LogP contribution in [0.2, 0.25) is 0 Å². The Hall–Kier alpha value is 0.390. The van der Waals surface area contributed by atoms with Gasteiger partial charge in [0.15, 0.2) is 0 Å². The molecule has 1 aromatic rings. The summed E-state index contributed by atoms with van der Waals surface area (Å²) < 4.78 is 1.24. The fourth-order valence-electron chi connectivity index (χ4n) is 1.75. The molecule has 0 aliphatic carbocycles. The Labute approximate surface area is 110 Å². The molecule has 15 heavy (non-hydrogen) atoms. The lowest BCUT2D eigenvalue weighted by molar-refractivity contribution is 0.285. The van der Waals surface area contributed by atoms with E-state index >= 15 is 0 Å². The van der Waals surface area contributed by atoms with Crippen LogP contribution in [-0.4, -0.2) is 31.1 Å². The zero-order valence-corrected chi connectivity index (χ0v) is 11.8. The van der Waals surface area contributed by atoms with Gasteiger partial charge in [-0.1, -0.05) is 0 Å². The van der Waals surface area contributed by atoms with Crippen LogP contribution in [0.5, 0.6) is 0 Å². The van der Waals surface area contributed by atoms with E-state index in [1.165, 1.54) is 35.4 Å². The van der Waals surface area contributed by atoms with Gasteiger partial charge in [-0.15, -0.1) is 23.7 Å². The van der Waals surface area contributed by atoms with Crippen LogP contribution in [0.4, 0.5) is 0 Å². The van der Waals surface area contributed by atoms with Crippen LogP contribution in [0, 0.1) is 0 Å². The summed E-state index contributed by atoms with van der Waals surface area (Å²) >= 11 is 5.27. The van der Waals surface area contributed by atoms with Gasteiger partial charge in [0.1, 0.15) is 0 Å². The summed E-state index contributed by atoms with van der Waals surface area (Å²) in [5, 5.41) is 5.66. The quantitative estimate of drug-likeness (QED) is 0.903. The van der Waals surface area contributed by atoms with Gasteiger partial charge in [-0.2, -0.15) is 0 Å². The molecule has 5 heteroatoms. The molecular weight excluding hydrogens is 296 g/mol. The Morgan fingerprint density at radius 1 is 1.40 bits per heavy atom. The van der Waals surface area contributed by atoms with Crippen molar-refractivity contribution in [2.45, 2.75) is 13.0 Å². The number of nitrogens with one attached hydrogen (secondary N) is 1. The standard InChI is InChI=1S/C10H15BrN2S.ClH/c11-10-6-9(8-14-10)7-13-4-1-2-12-3-5-13;/h6,8,12H,1-5,7H2;1H. The minimum Gasteiger partial charge on any atom is -0.315 e. The number of halogens is 2. The third-order valence-electron chi connectivity index (χ3n) is 2.46. The fraction of sp³-hybridized carbons (Fsp3) is 0.600. The molecule has 2 rings (SSSR count). The molecule has 1 saturated heterocycles. The monoisotopic (exact) mass is 310 g/mol. The van der Waals surface area contributed by atoms with Gasteiger partial charge in [0.2, 0.25) is 0 Å². The molecule has 2 heterocycles. The lowest BCUT2D eigenvalue weighted by Gasteiger charge is -2.18. The lowest BCUT2D eigenvalue weighted by Crippen LogP contribution is -2.27. The van der Waals surface area contributed by atoms with Crippen molar-refractivity contribution in [3.05, 3.63) is 20.8 Å². The zero-order chi connectivity index (χ0) is 9.80. The topological polar surface area (TPSA) is 15.3 Å². The van der Waals surface area contributed by atoms with Gasteiger partial charge in [-0.25, -0.2) is 0 Å². The maximum Gasteiger partial charge on any atom is 0.0701 e. The van der Waals surface area contributed by atoms with Crippen LogP contribution in [0.25, 0.3) is 0 Å². The van der Waals surface area contributed by atoms with Crippen LogP contribution in [0.15, 0.2) is 15.2 Å². The van der Waals surface area contributed by atoms with E-state index in [-0.39, 0.29) is 12.4 Å². The normalized spacial score (nSPS) is 18.2. The van der Waals surface area contributed by atoms with Crippen molar-refractivity contribution in [3.63, 3.8) is 0 Å². The fourth-order valence-corrected chi connectivity index (χ4v) is 2.95. The first-order valence-electron chi connectivity index (χ1n) is 5.00. The van der Waals surface area contributed by atoms with Crippen molar-refractivity contribution in [3.8, 4) is 0 Å². The van der Waals surface area contributed by atoms with Crippen molar-refractivity contribution >= 4 is 39.7 Å². The molecule has 1 aliphatic rings. The number of nitrogens with zero attached hydrogens (tertiary/aromatic N) is 1. The molecular formula is C10H16BrClN2S. The second kappa shape index (κ2) is 6.86. The smallest absolute Gasteiger partial charge is 0.0701 e. The average molecular weight is 312 g/mol. The molecule has 0 amide bonds. The predicted molar refractivity (Wildman–Crippen MR) is 72.0 cm³/mol. The maximum absolute atomic E-state index is 3.50. The molecule has 0 bridgehead atoms. The number of thiophene rings is 1. The van der Waals surface area contributed by atoms with Crippen molar-refractivity contribution in [2.75, 3.05) is 26.2 Å². The van der Waals surface area contributed by atoms with E-state index in [9.17, 15) is 0 Å². The Morgan fingerprint density at radius 2 is 2.27 bits per heavy atom. The summed E-state index contributed by atoms with van der Waals surface area (Å²) in [6.45, 7) is 5.80. The number of hydrogen-bond acceptors (Lipinski definition) is 3. The average Bonchev–Trinajstić information content (AvgIpc) is 2.43. The van der Waals surface area contributed by atoms with Gasteiger partial charge in [-0.3, -0.25) is 4.90 Å². The molecule has 1 aromatic heterocycles. The molecule has 0 saturated carbocycles. The van der Waals surface area contributed by atoms with Crippen LogP contribution < -0.4 is 5.32 Å². The third kappa shape index (κ3) is 4.41. The molecule has 0 radical (unpaired) electrons. The lowest BCUT2D eigenvalue weighted by atomic mass is 10.3. The Balaban J connectivity index is 0.00000112. The molecule has 0 atom stereocenters. The summed E-state index contributed by atoms with van der Waals surface area (Å²) in [4.78, 5) is 2.52. The van der Waals surface area contributed by atoms with Crippen LogP contribution in [-0.2, 0) is 6.54 Å². The van der Waals surface area contributed by atoms with E-state index in [4.69, 9.17) is 0 Å². The van der Waals surface area contributed by atoms with Crippen molar-refractivity contribution < 1.29 is 0 Å². The van der Waals surface area contributed by atoms with Gasteiger partial charge < -0.3 is 5.32 Å².